The van der Waals surface area contributed by atoms with E-state index in [0.717, 1.165) is 4.90 Å². The van der Waals surface area contributed by atoms with Crippen LogP contribution in [0.3, 0.4) is 0 Å². The number of carbonyl (C=O) groups excluding carboxylic acids is 2. The average molecular weight is 294 g/mol. The molecule has 2 amide bonds. The minimum Gasteiger partial charge on any atom is -0.501 e. The first-order chi connectivity index (χ1) is 10.7. The lowest BCUT2D eigenvalue weighted by molar-refractivity contribution is -0.113. The van der Waals surface area contributed by atoms with Crippen molar-refractivity contribution in [2.24, 2.45) is 0 Å². The van der Waals surface area contributed by atoms with Crippen molar-refractivity contribution in [2.75, 3.05) is 11.5 Å². The van der Waals surface area contributed by atoms with Crippen LogP contribution in [-0.2, 0) is 9.53 Å². The number of aromatic nitrogens is 1. The summed E-state index contributed by atoms with van der Waals surface area (Å²) >= 11 is 0. The summed E-state index contributed by atoms with van der Waals surface area (Å²) in [6.07, 6.45) is 2.95. The normalized spacial score (nSPS) is 15.9. The molecule has 1 aliphatic heterocycles. The van der Waals surface area contributed by atoms with Crippen LogP contribution in [0, 0.1) is 0 Å². The molecule has 0 saturated carbocycles. The van der Waals surface area contributed by atoms with Crippen LogP contribution in [0.15, 0.2) is 54.9 Å². The molecular weight excluding hydrogens is 280 g/mol. The van der Waals surface area contributed by atoms with E-state index < -0.39 is 5.91 Å². The van der Waals surface area contributed by atoms with Crippen molar-refractivity contribution in [1.29, 1.82) is 0 Å². The number of carbonyl (C=O) groups is 2. The van der Waals surface area contributed by atoms with Crippen LogP contribution in [0.5, 0.6) is 0 Å². The van der Waals surface area contributed by atoms with Crippen molar-refractivity contribution in [1.82, 2.24) is 4.98 Å². The first kappa shape index (κ1) is 14.0. The number of pyridine rings is 1. The van der Waals surface area contributed by atoms with E-state index in [0.29, 0.717) is 29.1 Å². The Balaban J connectivity index is 2.16. The maximum absolute atomic E-state index is 12.7. The summed E-state index contributed by atoms with van der Waals surface area (Å²) in [5.41, 5.74) is 1.39. The highest BCUT2D eigenvalue weighted by atomic mass is 16.5. The predicted octanol–water partition coefficient (Wildman–Crippen LogP) is 2.65. The van der Waals surface area contributed by atoms with Gasteiger partial charge < -0.3 is 4.74 Å². The SMILES string of the molecule is CCO/C=C1/C(=O)N(c2ccccn2)C(=O)c2ccccc21. The molecule has 1 aromatic heterocycles. The van der Waals surface area contributed by atoms with E-state index in [1.165, 1.54) is 6.26 Å². The second kappa shape index (κ2) is 5.81. The minimum absolute atomic E-state index is 0.300. The molecule has 3 rings (SSSR count). The van der Waals surface area contributed by atoms with Crippen molar-refractivity contribution in [3.05, 3.63) is 66.1 Å². The number of anilines is 1. The van der Waals surface area contributed by atoms with Crippen LogP contribution in [0.1, 0.15) is 22.8 Å². The highest BCUT2D eigenvalue weighted by Crippen LogP contribution is 2.31. The van der Waals surface area contributed by atoms with E-state index in [1.54, 1.807) is 48.7 Å². The number of hydrogen-bond donors (Lipinski definition) is 0. The van der Waals surface area contributed by atoms with E-state index >= 15 is 0 Å². The Kier molecular flexibility index (Phi) is 3.70. The van der Waals surface area contributed by atoms with Gasteiger partial charge in [-0.05, 0) is 25.1 Å². The van der Waals surface area contributed by atoms with Crippen molar-refractivity contribution in [2.45, 2.75) is 6.92 Å². The van der Waals surface area contributed by atoms with Crippen molar-refractivity contribution >= 4 is 23.2 Å². The maximum Gasteiger partial charge on any atom is 0.270 e. The van der Waals surface area contributed by atoms with Gasteiger partial charge in [0.1, 0.15) is 5.82 Å². The third-order valence-electron chi connectivity index (χ3n) is 3.33. The Hall–Kier alpha value is -2.95. The third-order valence-corrected chi connectivity index (χ3v) is 3.33. The predicted molar refractivity (Wildman–Crippen MR) is 82.1 cm³/mol. The van der Waals surface area contributed by atoms with Gasteiger partial charge in [0, 0.05) is 17.3 Å². The molecule has 0 unspecified atom stereocenters. The van der Waals surface area contributed by atoms with Crippen molar-refractivity contribution < 1.29 is 14.3 Å². The number of hydrogen-bond acceptors (Lipinski definition) is 4. The van der Waals surface area contributed by atoms with Gasteiger partial charge in [-0.1, -0.05) is 24.3 Å². The number of amides is 2. The second-order valence-electron chi connectivity index (χ2n) is 4.67. The lowest BCUT2D eigenvalue weighted by Crippen LogP contribution is -2.42. The van der Waals surface area contributed by atoms with E-state index in [-0.39, 0.29) is 5.91 Å². The molecule has 0 fully saturated rings. The van der Waals surface area contributed by atoms with Gasteiger partial charge in [0.05, 0.1) is 18.4 Å². The van der Waals surface area contributed by atoms with E-state index in [1.807, 2.05) is 6.92 Å². The van der Waals surface area contributed by atoms with Crippen LogP contribution >= 0.6 is 0 Å². The molecule has 22 heavy (non-hydrogen) atoms. The zero-order valence-corrected chi connectivity index (χ0v) is 12.0. The number of imide groups is 1. The molecule has 0 bridgehead atoms. The summed E-state index contributed by atoms with van der Waals surface area (Å²) < 4.78 is 5.28. The molecule has 110 valence electrons. The average Bonchev–Trinajstić information content (AvgIpc) is 2.56. The van der Waals surface area contributed by atoms with Gasteiger partial charge in [0.15, 0.2) is 0 Å². The lowest BCUT2D eigenvalue weighted by atomic mass is 9.94. The Bertz CT molecular complexity index is 754. The fourth-order valence-electron chi connectivity index (χ4n) is 2.33. The Morgan fingerprint density at radius 3 is 2.45 bits per heavy atom. The number of ether oxygens (including phenoxy) is 1. The largest absolute Gasteiger partial charge is 0.501 e. The van der Waals surface area contributed by atoms with Crippen LogP contribution in [0.25, 0.3) is 5.57 Å². The molecule has 0 saturated heterocycles. The summed E-state index contributed by atoms with van der Waals surface area (Å²) in [4.78, 5) is 30.5. The van der Waals surface area contributed by atoms with Gasteiger partial charge in [-0.2, -0.15) is 0 Å². The first-order valence-electron chi connectivity index (χ1n) is 6.95. The Labute approximate surface area is 127 Å². The molecule has 5 nitrogen and oxygen atoms in total. The van der Waals surface area contributed by atoms with Crippen molar-refractivity contribution in [3.63, 3.8) is 0 Å². The molecule has 2 heterocycles. The number of nitrogens with zero attached hydrogens (tertiary/aromatic N) is 2. The zero-order chi connectivity index (χ0) is 15.5. The van der Waals surface area contributed by atoms with Gasteiger partial charge in [-0.3, -0.25) is 9.59 Å². The maximum atomic E-state index is 12.7. The lowest BCUT2D eigenvalue weighted by Gasteiger charge is -2.27. The molecule has 0 spiro atoms. The van der Waals surface area contributed by atoms with E-state index in [2.05, 4.69) is 4.98 Å². The Morgan fingerprint density at radius 1 is 1.05 bits per heavy atom. The first-order valence-corrected chi connectivity index (χ1v) is 6.95. The molecule has 5 heteroatoms. The fraction of sp³-hybridized carbons (Fsp3) is 0.118. The van der Waals surface area contributed by atoms with Gasteiger partial charge >= 0.3 is 0 Å². The van der Waals surface area contributed by atoms with Crippen LogP contribution in [0.4, 0.5) is 5.82 Å². The van der Waals surface area contributed by atoms with Crippen molar-refractivity contribution in [3.8, 4) is 0 Å². The van der Waals surface area contributed by atoms with Gasteiger partial charge in [0.2, 0.25) is 0 Å². The van der Waals surface area contributed by atoms with Crippen LogP contribution in [-0.4, -0.2) is 23.4 Å². The second-order valence-corrected chi connectivity index (χ2v) is 4.67. The van der Waals surface area contributed by atoms with E-state index in [9.17, 15) is 9.59 Å². The van der Waals surface area contributed by atoms with Gasteiger partial charge in [0.25, 0.3) is 11.8 Å². The smallest absolute Gasteiger partial charge is 0.270 e. The summed E-state index contributed by atoms with van der Waals surface area (Å²) in [7, 11) is 0. The molecule has 0 atom stereocenters. The molecule has 1 aliphatic rings. The van der Waals surface area contributed by atoms with Crippen LogP contribution < -0.4 is 4.90 Å². The van der Waals surface area contributed by atoms with E-state index in [4.69, 9.17) is 4.74 Å². The molecule has 1 aromatic carbocycles. The summed E-state index contributed by atoms with van der Waals surface area (Å²) in [5.74, 6) is -0.516. The molecule has 0 radical (unpaired) electrons. The summed E-state index contributed by atoms with van der Waals surface area (Å²) in [6.45, 7) is 2.27. The Morgan fingerprint density at radius 2 is 1.77 bits per heavy atom. The molecule has 2 aromatic rings. The number of benzene rings is 1. The van der Waals surface area contributed by atoms with Crippen LogP contribution in [0.2, 0.25) is 0 Å². The summed E-state index contributed by atoms with van der Waals surface area (Å²) in [5, 5.41) is 0. The van der Waals surface area contributed by atoms with Gasteiger partial charge in [-0.25, -0.2) is 9.88 Å². The quantitative estimate of drug-likeness (QED) is 0.496. The molecule has 0 aliphatic carbocycles. The fourth-order valence-corrected chi connectivity index (χ4v) is 2.33. The number of fused-ring (bicyclic) bond motifs is 1. The minimum atomic E-state index is -0.434. The summed E-state index contributed by atoms with van der Waals surface area (Å²) in [6, 6.07) is 12.1. The monoisotopic (exact) mass is 294 g/mol. The number of rotatable bonds is 3. The topological polar surface area (TPSA) is 59.5 Å². The zero-order valence-electron chi connectivity index (χ0n) is 12.0. The third kappa shape index (κ3) is 2.26. The highest BCUT2D eigenvalue weighted by molar-refractivity contribution is 6.40. The standard InChI is InChI=1S/C17H14N2O3/c1-2-22-11-14-12-7-3-4-8-13(12)16(20)19(17(14)21)15-9-5-6-10-18-15/h3-11H,2H2,1H3/b14-11+. The molecule has 0 N–H and O–H groups in total. The van der Waals surface area contributed by atoms with Gasteiger partial charge in [-0.15, -0.1) is 0 Å². The highest BCUT2D eigenvalue weighted by Gasteiger charge is 2.36. The molecular formula is C17H14N2O3.